The number of halogens is 1. The number of anilines is 1. The molecule has 1 N–H and O–H groups in total. The zero-order valence-electron chi connectivity index (χ0n) is 22.8. The molecule has 1 atom stereocenters. The van der Waals surface area contributed by atoms with Gasteiger partial charge in [0, 0.05) is 61.5 Å². The summed E-state index contributed by atoms with van der Waals surface area (Å²) in [5.74, 6) is -0.971. The second-order valence-corrected chi connectivity index (χ2v) is 9.86. The number of non-ortho nitro benzene ring substituents is 1. The van der Waals surface area contributed by atoms with Gasteiger partial charge in [-0.2, -0.15) is 0 Å². The maximum absolute atomic E-state index is 13.8. The summed E-state index contributed by atoms with van der Waals surface area (Å²) < 4.78 is 10.4. The maximum atomic E-state index is 13.8. The van der Waals surface area contributed by atoms with Crippen molar-refractivity contribution in [1.82, 2.24) is 10.2 Å². The second-order valence-electron chi connectivity index (χ2n) is 9.42. The Hall–Kier alpha value is -4.91. The molecule has 4 rings (SSSR count). The lowest BCUT2D eigenvalue weighted by Gasteiger charge is -2.37. The third-order valence-corrected chi connectivity index (χ3v) is 7.17. The van der Waals surface area contributed by atoms with E-state index in [1.54, 1.807) is 41.3 Å². The summed E-state index contributed by atoms with van der Waals surface area (Å²) >= 11 is 6.02. The van der Waals surface area contributed by atoms with Crippen LogP contribution in [-0.4, -0.2) is 73.0 Å². The third kappa shape index (κ3) is 6.86. The third-order valence-electron chi connectivity index (χ3n) is 6.92. The van der Waals surface area contributed by atoms with E-state index in [4.69, 9.17) is 21.1 Å². The number of carbonyl (C=O) groups is 2. The number of carbonyl (C=O) groups excluding carboxylic acids is 2. The molecule has 0 aliphatic carbocycles. The zero-order valence-corrected chi connectivity index (χ0v) is 23.6. The van der Waals surface area contributed by atoms with Crippen LogP contribution >= 0.6 is 11.6 Å². The van der Waals surface area contributed by atoms with Crippen LogP contribution < -0.4 is 19.7 Å². The van der Waals surface area contributed by atoms with Crippen LogP contribution in [0.5, 0.6) is 11.5 Å². The standard InChI is InChI=1S/C28H28ClN5O8/c1-41-25-16-22(24(34(39)40)17-26(25)42-2)27(35)30-23(15-18-3-5-19(29)6-4-18)28(36)32-13-11-31(12-14-32)20-7-9-21(10-8-20)33(37)38/h3-10,16-17,23H,11-15H2,1-2H3,(H,30,35)/t23-/m0/s1. The summed E-state index contributed by atoms with van der Waals surface area (Å²) in [5.41, 5.74) is 0.723. The van der Waals surface area contributed by atoms with Crippen LogP contribution in [-0.2, 0) is 11.2 Å². The fourth-order valence-electron chi connectivity index (χ4n) is 4.68. The Balaban J connectivity index is 1.55. The normalized spacial score (nSPS) is 13.7. The number of hydrogen-bond acceptors (Lipinski definition) is 9. The van der Waals surface area contributed by atoms with Crippen molar-refractivity contribution in [3.8, 4) is 11.5 Å². The monoisotopic (exact) mass is 597 g/mol. The number of benzene rings is 3. The van der Waals surface area contributed by atoms with Crippen LogP contribution in [0.25, 0.3) is 0 Å². The summed E-state index contributed by atoms with van der Waals surface area (Å²) in [6.45, 7) is 1.59. The Labute approximate surface area is 245 Å². The van der Waals surface area contributed by atoms with E-state index in [-0.39, 0.29) is 35.1 Å². The van der Waals surface area contributed by atoms with Crippen molar-refractivity contribution >= 4 is 40.5 Å². The SMILES string of the molecule is COc1cc(C(=O)N[C@@H](Cc2ccc(Cl)cc2)C(=O)N2CCN(c3ccc([N+](=O)[O-])cc3)CC2)c([N+](=O)[O-])cc1OC. The molecular weight excluding hydrogens is 570 g/mol. The summed E-state index contributed by atoms with van der Waals surface area (Å²) in [5, 5.41) is 26.0. The van der Waals surface area contributed by atoms with Crippen molar-refractivity contribution in [3.63, 3.8) is 0 Å². The predicted molar refractivity (Wildman–Crippen MR) is 154 cm³/mol. The summed E-state index contributed by atoms with van der Waals surface area (Å²) in [6.07, 6.45) is 0.116. The fourth-order valence-corrected chi connectivity index (χ4v) is 4.81. The van der Waals surface area contributed by atoms with Crippen molar-refractivity contribution in [1.29, 1.82) is 0 Å². The summed E-state index contributed by atoms with van der Waals surface area (Å²) in [7, 11) is 2.66. The number of nitro benzene ring substituents is 2. The smallest absolute Gasteiger partial charge is 0.286 e. The number of methoxy groups -OCH3 is 2. The fraction of sp³-hybridized carbons (Fsp3) is 0.286. The van der Waals surface area contributed by atoms with Crippen LogP contribution in [0.4, 0.5) is 17.1 Å². The quantitative estimate of drug-likeness (QED) is 0.270. The Morgan fingerprint density at radius 1 is 0.905 bits per heavy atom. The van der Waals surface area contributed by atoms with Gasteiger partial charge in [0.05, 0.1) is 30.1 Å². The molecule has 42 heavy (non-hydrogen) atoms. The molecule has 220 valence electrons. The Bertz CT molecular complexity index is 1470. The van der Waals surface area contributed by atoms with Crippen molar-refractivity contribution < 1.29 is 28.9 Å². The first-order valence-electron chi connectivity index (χ1n) is 12.8. The molecule has 1 aliphatic heterocycles. The van der Waals surface area contributed by atoms with Gasteiger partial charge < -0.3 is 24.6 Å². The van der Waals surface area contributed by atoms with E-state index in [1.165, 1.54) is 32.4 Å². The van der Waals surface area contributed by atoms with E-state index < -0.39 is 27.5 Å². The maximum Gasteiger partial charge on any atom is 0.286 e. The molecule has 0 radical (unpaired) electrons. The average Bonchev–Trinajstić information content (AvgIpc) is 3.00. The van der Waals surface area contributed by atoms with E-state index in [9.17, 15) is 29.8 Å². The number of nitrogens with one attached hydrogen (secondary N) is 1. The van der Waals surface area contributed by atoms with E-state index in [0.29, 0.717) is 31.2 Å². The van der Waals surface area contributed by atoms with Gasteiger partial charge in [-0.3, -0.25) is 29.8 Å². The number of nitrogens with zero attached hydrogens (tertiary/aromatic N) is 4. The Morgan fingerprint density at radius 3 is 2.05 bits per heavy atom. The molecule has 1 saturated heterocycles. The molecule has 13 nitrogen and oxygen atoms in total. The molecule has 3 aromatic carbocycles. The number of nitro groups is 2. The number of ether oxygens (including phenoxy) is 2. The van der Waals surface area contributed by atoms with Gasteiger partial charge in [0.2, 0.25) is 5.91 Å². The lowest BCUT2D eigenvalue weighted by Crippen LogP contribution is -2.55. The number of hydrogen-bond donors (Lipinski definition) is 1. The highest BCUT2D eigenvalue weighted by atomic mass is 35.5. The Kier molecular flexibility index (Phi) is 9.42. The van der Waals surface area contributed by atoms with Crippen LogP contribution in [0.2, 0.25) is 5.02 Å². The van der Waals surface area contributed by atoms with Crippen molar-refractivity contribution in [2.45, 2.75) is 12.5 Å². The zero-order chi connectivity index (χ0) is 30.4. The minimum atomic E-state index is -1.04. The van der Waals surface area contributed by atoms with Gasteiger partial charge in [-0.15, -0.1) is 0 Å². The molecular formula is C28H28ClN5O8. The van der Waals surface area contributed by atoms with Gasteiger partial charge in [-0.1, -0.05) is 23.7 Å². The van der Waals surface area contributed by atoms with Crippen molar-refractivity contribution in [3.05, 3.63) is 97.0 Å². The first-order valence-corrected chi connectivity index (χ1v) is 13.2. The molecule has 1 aliphatic rings. The highest BCUT2D eigenvalue weighted by Gasteiger charge is 2.32. The van der Waals surface area contributed by atoms with E-state index >= 15 is 0 Å². The van der Waals surface area contributed by atoms with Crippen LogP contribution in [0.1, 0.15) is 15.9 Å². The summed E-state index contributed by atoms with van der Waals surface area (Å²) in [4.78, 5) is 52.4. The molecule has 0 aromatic heterocycles. The molecule has 3 aromatic rings. The highest BCUT2D eigenvalue weighted by Crippen LogP contribution is 2.34. The molecule has 2 amide bonds. The van der Waals surface area contributed by atoms with E-state index in [1.807, 2.05) is 4.90 Å². The molecule has 0 spiro atoms. The topological polar surface area (TPSA) is 157 Å². The molecule has 14 heteroatoms. The van der Waals surface area contributed by atoms with Gasteiger partial charge >= 0.3 is 0 Å². The minimum absolute atomic E-state index is 0.0111. The first-order chi connectivity index (χ1) is 20.1. The molecule has 0 bridgehead atoms. The van der Waals surface area contributed by atoms with Crippen molar-refractivity contribution in [2.75, 3.05) is 45.3 Å². The largest absolute Gasteiger partial charge is 0.493 e. The highest BCUT2D eigenvalue weighted by molar-refractivity contribution is 6.30. The number of amides is 2. The van der Waals surface area contributed by atoms with E-state index in [2.05, 4.69) is 5.32 Å². The first kappa shape index (κ1) is 30.1. The van der Waals surface area contributed by atoms with Gasteiger partial charge in [0.15, 0.2) is 11.5 Å². The van der Waals surface area contributed by atoms with Crippen LogP contribution in [0.15, 0.2) is 60.7 Å². The van der Waals surface area contributed by atoms with Crippen molar-refractivity contribution in [2.24, 2.45) is 0 Å². The van der Waals surface area contributed by atoms with Gasteiger partial charge in [0.1, 0.15) is 11.6 Å². The molecule has 0 unspecified atom stereocenters. The lowest BCUT2D eigenvalue weighted by molar-refractivity contribution is -0.385. The van der Waals surface area contributed by atoms with Crippen LogP contribution in [0.3, 0.4) is 0 Å². The average molecular weight is 598 g/mol. The lowest BCUT2D eigenvalue weighted by atomic mass is 10.0. The van der Waals surface area contributed by atoms with Gasteiger partial charge in [-0.25, -0.2) is 0 Å². The molecule has 1 heterocycles. The second kappa shape index (κ2) is 13.2. The van der Waals surface area contributed by atoms with Gasteiger partial charge in [0.25, 0.3) is 17.3 Å². The summed E-state index contributed by atoms with van der Waals surface area (Å²) in [6, 6.07) is 14.3. The van der Waals surface area contributed by atoms with Crippen LogP contribution in [0, 0.1) is 20.2 Å². The molecule has 1 fully saturated rings. The van der Waals surface area contributed by atoms with E-state index in [0.717, 1.165) is 17.3 Å². The number of piperazine rings is 1. The minimum Gasteiger partial charge on any atom is -0.493 e. The Morgan fingerprint density at radius 2 is 1.50 bits per heavy atom. The molecule has 0 saturated carbocycles. The predicted octanol–water partition coefficient (Wildman–Crippen LogP) is 3.86. The van der Waals surface area contributed by atoms with Gasteiger partial charge in [-0.05, 0) is 29.8 Å². The number of rotatable bonds is 10.